The van der Waals surface area contributed by atoms with Crippen LogP contribution in [-0.4, -0.2) is 20.2 Å². The Labute approximate surface area is 89.6 Å². The zero-order chi connectivity index (χ0) is 9.36. The minimum atomic E-state index is 0.931. The molecule has 0 aliphatic rings. The summed E-state index contributed by atoms with van der Waals surface area (Å²) in [6.45, 7) is 0. The van der Waals surface area contributed by atoms with Gasteiger partial charge in [-0.25, -0.2) is 4.98 Å². The molecule has 2 aromatic heterocycles. The number of halogens is 1. The summed E-state index contributed by atoms with van der Waals surface area (Å²) in [5.74, 6) is 0. The van der Waals surface area contributed by atoms with Crippen molar-refractivity contribution in [2.45, 2.75) is 0 Å². The van der Waals surface area contributed by atoms with Crippen LogP contribution < -0.4 is 0 Å². The van der Waals surface area contributed by atoms with Crippen molar-refractivity contribution in [2.75, 3.05) is 0 Å². The summed E-state index contributed by atoms with van der Waals surface area (Å²) in [5.41, 5.74) is 0. The van der Waals surface area contributed by atoms with Crippen LogP contribution in [0.2, 0.25) is 0 Å². The molecule has 2 rings (SSSR count). The van der Waals surface area contributed by atoms with E-state index in [-0.39, 0.29) is 0 Å². The lowest BCUT2D eigenvalue weighted by molar-refractivity contribution is 1.03. The van der Waals surface area contributed by atoms with Crippen molar-refractivity contribution in [2.24, 2.45) is 0 Å². The van der Waals surface area contributed by atoms with E-state index in [1.807, 2.05) is 12.1 Å². The Hall–Kier alpha value is -1.11. The van der Waals surface area contributed by atoms with Crippen molar-refractivity contribution in [1.29, 1.82) is 0 Å². The minimum Gasteiger partial charge on any atom is -0.260 e. The molecule has 0 saturated carbocycles. The Morgan fingerprint density at radius 2 is 1.62 bits per heavy atom. The van der Waals surface area contributed by atoms with Crippen LogP contribution in [0.25, 0.3) is 0 Å². The summed E-state index contributed by atoms with van der Waals surface area (Å²) in [6.07, 6.45) is 8.31. The highest BCUT2D eigenvalue weighted by atomic mass is 127. The van der Waals surface area contributed by atoms with Gasteiger partial charge in [-0.2, -0.15) is 10.2 Å². The van der Waals surface area contributed by atoms with Gasteiger partial charge in [0.2, 0.25) is 0 Å². The van der Waals surface area contributed by atoms with Crippen LogP contribution in [-0.2, 0) is 0 Å². The molecule has 2 aromatic rings. The van der Waals surface area contributed by atoms with E-state index in [1.54, 1.807) is 31.0 Å². The van der Waals surface area contributed by atoms with Crippen LogP contribution >= 0.6 is 22.6 Å². The van der Waals surface area contributed by atoms with Gasteiger partial charge in [0.25, 0.3) is 0 Å². The van der Waals surface area contributed by atoms with Gasteiger partial charge in [-0.15, -0.1) is 0 Å². The van der Waals surface area contributed by atoms with Crippen molar-refractivity contribution >= 4 is 22.6 Å². The molecule has 5 heteroatoms. The van der Waals surface area contributed by atoms with Gasteiger partial charge in [-0.05, 0) is 34.7 Å². The average Bonchev–Trinajstić information content (AvgIpc) is 2.22. The van der Waals surface area contributed by atoms with Crippen LogP contribution in [0.15, 0.2) is 43.1 Å². The molecular formula is C8H7IN4. The highest BCUT2D eigenvalue weighted by Gasteiger charge is 1.77. The van der Waals surface area contributed by atoms with E-state index in [4.69, 9.17) is 0 Å². The largest absolute Gasteiger partial charge is 0.260 e. The summed E-state index contributed by atoms with van der Waals surface area (Å²) in [5, 5.41) is 7.07. The maximum Gasteiger partial charge on any atom is 0.119 e. The number of aromatic nitrogens is 4. The fraction of sp³-hybridized carbons (Fsp3) is 0. The molecule has 0 aliphatic heterocycles. The molecule has 66 valence electrons. The Morgan fingerprint density at radius 1 is 0.923 bits per heavy atom. The van der Waals surface area contributed by atoms with Crippen molar-refractivity contribution < 1.29 is 0 Å². The number of nitrogens with zero attached hydrogens (tertiary/aromatic N) is 4. The van der Waals surface area contributed by atoms with Gasteiger partial charge in [0, 0.05) is 24.8 Å². The maximum absolute atomic E-state index is 3.90. The Kier molecular flexibility index (Phi) is 4.92. The maximum atomic E-state index is 3.90. The lowest BCUT2D eigenvalue weighted by Gasteiger charge is -1.79. The van der Waals surface area contributed by atoms with Crippen LogP contribution in [0.3, 0.4) is 0 Å². The van der Waals surface area contributed by atoms with Crippen molar-refractivity contribution in [3.8, 4) is 0 Å². The summed E-state index contributed by atoms with van der Waals surface area (Å²) in [7, 11) is 0. The molecule has 0 aliphatic carbocycles. The van der Waals surface area contributed by atoms with E-state index in [2.05, 4.69) is 42.8 Å². The van der Waals surface area contributed by atoms with Gasteiger partial charge in [0.15, 0.2) is 0 Å². The number of hydrogen-bond acceptors (Lipinski definition) is 4. The molecule has 0 amide bonds. The quantitative estimate of drug-likeness (QED) is 0.690. The summed E-state index contributed by atoms with van der Waals surface area (Å²) in [4.78, 5) is 7.72. The highest BCUT2D eigenvalue weighted by molar-refractivity contribution is 14.1. The SMILES string of the molecule is Ic1cnccn1.c1ccnnc1. The molecule has 0 saturated heterocycles. The Balaban J connectivity index is 0.000000132. The van der Waals surface area contributed by atoms with Crippen molar-refractivity contribution in [3.63, 3.8) is 0 Å². The third-order valence-electron chi connectivity index (χ3n) is 1.01. The van der Waals surface area contributed by atoms with Crippen LogP contribution in [0.4, 0.5) is 0 Å². The summed E-state index contributed by atoms with van der Waals surface area (Å²) in [6, 6.07) is 3.65. The topological polar surface area (TPSA) is 51.6 Å². The smallest absolute Gasteiger partial charge is 0.119 e. The van der Waals surface area contributed by atoms with Gasteiger partial charge in [0.05, 0.1) is 6.20 Å². The standard InChI is InChI=1S/C4H3IN2.C4H4N2/c5-4-3-6-1-2-7-4;1-2-4-6-5-3-1/h1-3H;1-4H. The first-order valence-corrected chi connectivity index (χ1v) is 4.60. The molecule has 2 heterocycles. The predicted octanol–water partition coefficient (Wildman–Crippen LogP) is 1.56. The van der Waals surface area contributed by atoms with Gasteiger partial charge in [0.1, 0.15) is 3.70 Å². The van der Waals surface area contributed by atoms with E-state index in [1.165, 1.54) is 0 Å². The first kappa shape index (κ1) is 9.97. The second-order valence-corrected chi connectivity index (χ2v) is 3.05. The summed E-state index contributed by atoms with van der Waals surface area (Å²) >= 11 is 2.11. The van der Waals surface area contributed by atoms with E-state index in [9.17, 15) is 0 Å². The molecule has 0 N–H and O–H groups in total. The van der Waals surface area contributed by atoms with Crippen molar-refractivity contribution in [3.05, 3.63) is 46.8 Å². The van der Waals surface area contributed by atoms with Crippen LogP contribution in [0.1, 0.15) is 0 Å². The molecule has 0 radical (unpaired) electrons. The second kappa shape index (κ2) is 6.41. The monoisotopic (exact) mass is 286 g/mol. The van der Waals surface area contributed by atoms with Gasteiger partial charge >= 0.3 is 0 Å². The highest BCUT2D eigenvalue weighted by Crippen LogP contribution is 1.91. The number of rotatable bonds is 0. The third-order valence-corrected chi connectivity index (χ3v) is 1.57. The molecule has 0 atom stereocenters. The van der Waals surface area contributed by atoms with Gasteiger partial charge in [-0.3, -0.25) is 4.98 Å². The zero-order valence-electron chi connectivity index (χ0n) is 6.71. The Morgan fingerprint density at radius 3 is 1.85 bits per heavy atom. The minimum absolute atomic E-state index is 0.931. The molecule has 0 fully saturated rings. The molecule has 13 heavy (non-hydrogen) atoms. The van der Waals surface area contributed by atoms with E-state index >= 15 is 0 Å². The van der Waals surface area contributed by atoms with E-state index in [0.29, 0.717) is 0 Å². The van der Waals surface area contributed by atoms with Crippen molar-refractivity contribution in [1.82, 2.24) is 20.2 Å². The molecule has 0 aromatic carbocycles. The molecule has 0 spiro atoms. The summed E-state index contributed by atoms with van der Waals surface area (Å²) < 4.78 is 0.931. The lowest BCUT2D eigenvalue weighted by Crippen LogP contribution is -1.76. The fourth-order valence-corrected chi connectivity index (χ4v) is 0.856. The molecule has 0 unspecified atom stereocenters. The van der Waals surface area contributed by atoms with E-state index in [0.717, 1.165) is 3.70 Å². The van der Waals surface area contributed by atoms with Crippen LogP contribution in [0.5, 0.6) is 0 Å². The van der Waals surface area contributed by atoms with E-state index < -0.39 is 0 Å². The molecule has 4 nitrogen and oxygen atoms in total. The fourth-order valence-electron chi connectivity index (χ4n) is 0.534. The van der Waals surface area contributed by atoms with Crippen LogP contribution in [0, 0.1) is 3.70 Å². The molecular weight excluding hydrogens is 279 g/mol. The van der Waals surface area contributed by atoms with Gasteiger partial charge < -0.3 is 0 Å². The lowest BCUT2D eigenvalue weighted by atomic mass is 10.6. The zero-order valence-corrected chi connectivity index (χ0v) is 8.87. The first-order valence-electron chi connectivity index (χ1n) is 3.53. The Bertz CT molecular complexity index is 287. The molecule has 0 bridgehead atoms. The predicted molar refractivity (Wildman–Crippen MR) is 56.8 cm³/mol. The van der Waals surface area contributed by atoms with Gasteiger partial charge in [-0.1, -0.05) is 0 Å². The second-order valence-electron chi connectivity index (χ2n) is 1.94. The number of hydrogen-bond donors (Lipinski definition) is 0. The third kappa shape index (κ3) is 5.18. The average molecular weight is 286 g/mol. The first-order chi connectivity index (χ1) is 6.39. The normalized spacial score (nSPS) is 8.38.